The van der Waals surface area contributed by atoms with Crippen LogP contribution >= 0.6 is 15.9 Å². The summed E-state index contributed by atoms with van der Waals surface area (Å²) in [6.45, 7) is 1.84. The highest BCUT2D eigenvalue weighted by Crippen LogP contribution is 2.18. The number of halogens is 2. The Morgan fingerprint density at radius 3 is 2.50 bits per heavy atom. The highest BCUT2D eigenvalue weighted by atomic mass is 79.9. The van der Waals surface area contributed by atoms with Crippen LogP contribution in [0.25, 0.3) is 0 Å². The summed E-state index contributed by atoms with van der Waals surface area (Å²) < 4.78 is 14.6. The first kappa shape index (κ1) is 14.5. The summed E-state index contributed by atoms with van der Waals surface area (Å²) in [5, 5.41) is 2.76. The molecule has 20 heavy (non-hydrogen) atoms. The van der Waals surface area contributed by atoms with E-state index < -0.39 is 11.7 Å². The number of carbonyl (C=O) groups is 1. The minimum atomic E-state index is -0.620. The maximum atomic E-state index is 13.7. The topological polar surface area (TPSA) is 55.1 Å². The molecule has 0 bridgehead atoms. The molecule has 0 saturated carbocycles. The number of hydrogen-bond acceptors (Lipinski definition) is 2. The number of nitrogens with two attached hydrogens (primary N) is 1. The molecule has 0 aliphatic carbocycles. The van der Waals surface area contributed by atoms with Crippen LogP contribution in [0.5, 0.6) is 0 Å². The molecule has 3 N–H and O–H groups in total. The van der Waals surface area contributed by atoms with Gasteiger partial charge in [-0.1, -0.05) is 28.1 Å². The highest BCUT2D eigenvalue weighted by molar-refractivity contribution is 9.10. The highest BCUT2D eigenvalue weighted by Gasteiger charge is 2.15. The van der Waals surface area contributed by atoms with Gasteiger partial charge in [0.1, 0.15) is 5.82 Å². The summed E-state index contributed by atoms with van der Waals surface area (Å²) in [5.74, 6) is -1.08. The van der Waals surface area contributed by atoms with E-state index in [9.17, 15) is 9.18 Å². The lowest BCUT2D eigenvalue weighted by Crippen LogP contribution is -2.27. The largest absolute Gasteiger partial charge is 0.399 e. The molecule has 2 aromatic carbocycles. The lowest BCUT2D eigenvalue weighted by molar-refractivity contribution is 0.0936. The molecular weight excluding hydrogens is 323 g/mol. The van der Waals surface area contributed by atoms with E-state index in [0.717, 1.165) is 16.1 Å². The van der Waals surface area contributed by atoms with Crippen molar-refractivity contribution in [1.82, 2.24) is 5.32 Å². The van der Waals surface area contributed by atoms with Crippen molar-refractivity contribution in [2.45, 2.75) is 13.0 Å². The molecule has 0 aliphatic rings. The maximum Gasteiger partial charge on any atom is 0.254 e. The number of nitrogens with one attached hydrogen (secondary N) is 1. The van der Waals surface area contributed by atoms with E-state index in [0.29, 0.717) is 5.69 Å². The number of amides is 1. The molecule has 0 unspecified atom stereocenters. The minimum Gasteiger partial charge on any atom is -0.399 e. The summed E-state index contributed by atoms with van der Waals surface area (Å²) in [7, 11) is 0. The van der Waals surface area contributed by atoms with Crippen LogP contribution in [-0.4, -0.2) is 5.91 Å². The Morgan fingerprint density at radius 1 is 1.25 bits per heavy atom. The second-order valence-corrected chi connectivity index (χ2v) is 5.40. The van der Waals surface area contributed by atoms with Crippen molar-refractivity contribution in [3.05, 3.63) is 63.9 Å². The van der Waals surface area contributed by atoms with Gasteiger partial charge in [0, 0.05) is 10.2 Å². The van der Waals surface area contributed by atoms with Gasteiger partial charge in [0.25, 0.3) is 5.91 Å². The third kappa shape index (κ3) is 3.36. The molecule has 0 fully saturated rings. The Bertz CT molecular complexity index is 628. The number of hydrogen-bond donors (Lipinski definition) is 2. The smallest absolute Gasteiger partial charge is 0.254 e. The van der Waals surface area contributed by atoms with Crippen LogP contribution in [-0.2, 0) is 0 Å². The van der Waals surface area contributed by atoms with Crippen LogP contribution < -0.4 is 11.1 Å². The number of nitrogen functional groups attached to an aromatic ring is 1. The third-order valence-corrected chi connectivity index (χ3v) is 3.48. The quantitative estimate of drug-likeness (QED) is 0.840. The van der Waals surface area contributed by atoms with E-state index in [-0.39, 0.29) is 11.6 Å². The molecule has 3 nitrogen and oxygen atoms in total. The van der Waals surface area contributed by atoms with Crippen LogP contribution in [0.1, 0.15) is 28.9 Å². The molecule has 0 heterocycles. The molecule has 0 radical (unpaired) electrons. The summed E-state index contributed by atoms with van der Waals surface area (Å²) >= 11 is 3.35. The molecule has 0 saturated heterocycles. The first-order valence-corrected chi connectivity index (χ1v) is 6.88. The monoisotopic (exact) mass is 336 g/mol. The van der Waals surface area contributed by atoms with Crippen molar-refractivity contribution in [2.75, 3.05) is 5.73 Å². The number of rotatable bonds is 3. The average molecular weight is 337 g/mol. The van der Waals surface area contributed by atoms with E-state index in [1.807, 2.05) is 31.2 Å². The maximum absolute atomic E-state index is 13.7. The fourth-order valence-corrected chi connectivity index (χ4v) is 2.09. The lowest BCUT2D eigenvalue weighted by atomic mass is 10.1. The normalized spacial score (nSPS) is 11.9. The second-order valence-electron chi connectivity index (χ2n) is 4.49. The van der Waals surface area contributed by atoms with Crippen LogP contribution in [0.4, 0.5) is 10.1 Å². The molecule has 0 aliphatic heterocycles. The van der Waals surface area contributed by atoms with Gasteiger partial charge in [0.15, 0.2) is 0 Å². The minimum absolute atomic E-state index is 0.0110. The Kier molecular flexibility index (Phi) is 4.39. The lowest BCUT2D eigenvalue weighted by Gasteiger charge is -2.15. The number of benzene rings is 2. The zero-order valence-corrected chi connectivity index (χ0v) is 12.4. The van der Waals surface area contributed by atoms with E-state index in [1.54, 1.807) is 0 Å². The summed E-state index contributed by atoms with van der Waals surface area (Å²) in [6, 6.07) is 11.4. The summed E-state index contributed by atoms with van der Waals surface area (Å²) in [6.07, 6.45) is 0. The molecule has 0 spiro atoms. The van der Waals surface area contributed by atoms with Gasteiger partial charge in [-0.15, -0.1) is 0 Å². The van der Waals surface area contributed by atoms with Gasteiger partial charge >= 0.3 is 0 Å². The van der Waals surface area contributed by atoms with Crippen LogP contribution in [0, 0.1) is 5.82 Å². The van der Waals surface area contributed by atoms with Gasteiger partial charge in [-0.2, -0.15) is 0 Å². The van der Waals surface area contributed by atoms with Crippen molar-refractivity contribution in [3.63, 3.8) is 0 Å². The first-order chi connectivity index (χ1) is 9.47. The van der Waals surface area contributed by atoms with E-state index in [2.05, 4.69) is 21.2 Å². The van der Waals surface area contributed by atoms with Gasteiger partial charge in [0.05, 0.1) is 11.6 Å². The van der Waals surface area contributed by atoms with Gasteiger partial charge in [-0.3, -0.25) is 4.79 Å². The molecule has 2 aromatic rings. The fourth-order valence-electron chi connectivity index (χ4n) is 1.82. The fraction of sp³-hybridized carbons (Fsp3) is 0.133. The molecular formula is C15H14BrFN2O. The molecule has 5 heteroatoms. The van der Waals surface area contributed by atoms with Gasteiger partial charge in [0.2, 0.25) is 0 Å². The Labute approximate surface area is 125 Å². The van der Waals surface area contributed by atoms with Crippen LogP contribution in [0.15, 0.2) is 46.9 Å². The number of carbonyl (C=O) groups excluding carboxylic acids is 1. The zero-order chi connectivity index (χ0) is 14.7. The SMILES string of the molecule is C[C@@H](NC(=O)c1ccc(N)cc1F)c1ccc(Br)cc1. The molecule has 2 rings (SSSR count). The number of anilines is 1. The average Bonchev–Trinajstić information content (AvgIpc) is 2.39. The predicted molar refractivity (Wildman–Crippen MR) is 80.8 cm³/mol. The Morgan fingerprint density at radius 2 is 1.90 bits per heavy atom. The van der Waals surface area contributed by atoms with Gasteiger partial charge in [-0.05, 0) is 42.8 Å². The predicted octanol–water partition coefficient (Wildman–Crippen LogP) is 3.66. The second kappa shape index (κ2) is 6.05. The zero-order valence-electron chi connectivity index (χ0n) is 10.9. The summed E-state index contributed by atoms with van der Waals surface area (Å²) in [4.78, 5) is 12.0. The van der Waals surface area contributed by atoms with Crippen molar-refractivity contribution in [1.29, 1.82) is 0 Å². The van der Waals surface area contributed by atoms with Crippen molar-refractivity contribution in [3.8, 4) is 0 Å². The van der Waals surface area contributed by atoms with Crippen molar-refractivity contribution < 1.29 is 9.18 Å². The molecule has 1 amide bonds. The summed E-state index contributed by atoms with van der Waals surface area (Å²) in [5.41, 5.74) is 6.68. The first-order valence-electron chi connectivity index (χ1n) is 6.08. The van der Waals surface area contributed by atoms with Gasteiger partial charge < -0.3 is 11.1 Å². The van der Waals surface area contributed by atoms with Crippen molar-refractivity contribution in [2.24, 2.45) is 0 Å². The molecule has 1 atom stereocenters. The van der Waals surface area contributed by atoms with Crippen LogP contribution in [0.3, 0.4) is 0 Å². The van der Waals surface area contributed by atoms with E-state index in [1.165, 1.54) is 12.1 Å². The van der Waals surface area contributed by atoms with Gasteiger partial charge in [-0.25, -0.2) is 4.39 Å². The standard InChI is InChI=1S/C15H14BrFN2O/c1-9(10-2-4-11(16)5-3-10)19-15(20)13-7-6-12(18)8-14(13)17/h2-9H,18H2,1H3,(H,19,20)/t9-/m1/s1. The Balaban J connectivity index is 2.13. The molecule has 104 valence electrons. The van der Waals surface area contributed by atoms with Crippen molar-refractivity contribution >= 4 is 27.5 Å². The Hall–Kier alpha value is -1.88. The molecule has 0 aromatic heterocycles. The van der Waals surface area contributed by atoms with E-state index >= 15 is 0 Å². The van der Waals surface area contributed by atoms with E-state index in [4.69, 9.17) is 5.73 Å². The van der Waals surface area contributed by atoms with Crippen LogP contribution in [0.2, 0.25) is 0 Å². The third-order valence-electron chi connectivity index (χ3n) is 2.96.